The molecule has 16 heavy (non-hydrogen) atoms. The summed E-state index contributed by atoms with van der Waals surface area (Å²) in [5, 5.41) is 0. The minimum atomic E-state index is -0.00472. The molecule has 2 aromatic heterocycles. The summed E-state index contributed by atoms with van der Waals surface area (Å²) in [7, 11) is 0. The van der Waals surface area contributed by atoms with Gasteiger partial charge in [-0.1, -0.05) is 6.07 Å². The van der Waals surface area contributed by atoms with Gasteiger partial charge in [0.2, 0.25) is 0 Å². The predicted molar refractivity (Wildman–Crippen MR) is 60.9 cm³/mol. The molecule has 0 amide bonds. The Hall–Kier alpha value is -1.61. The highest BCUT2D eigenvalue weighted by Gasteiger charge is 2.29. The average Bonchev–Trinajstić information content (AvgIpc) is 2.98. The van der Waals surface area contributed by atoms with Crippen molar-refractivity contribution in [2.45, 2.75) is 24.8 Å². The van der Waals surface area contributed by atoms with E-state index in [1.807, 2.05) is 18.3 Å². The van der Waals surface area contributed by atoms with Crippen LogP contribution in [0.15, 0.2) is 41.3 Å². The van der Waals surface area contributed by atoms with Gasteiger partial charge in [0.15, 0.2) is 0 Å². The summed E-state index contributed by atoms with van der Waals surface area (Å²) in [5.41, 5.74) is 9.82. The van der Waals surface area contributed by atoms with Crippen LogP contribution in [0.2, 0.25) is 0 Å². The Morgan fingerprint density at radius 1 is 1.44 bits per heavy atom. The van der Waals surface area contributed by atoms with Crippen molar-refractivity contribution < 1.29 is 4.42 Å². The number of hydrogen-bond acceptors (Lipinski definition) is 3. The van der Waals surface area contributed by atoms with Crippen LogP contribution >= 0.6 is 0 Å². The highest BCUT2D eigenvalue weighted by molar-refractivity contribution is 5.32. The maximum absolute atomic E-state index is 6.26. The highest BCUT2D eigenvalue weighted by atomic mass is 16.3. The molecule has 3 rings (SSSR count). The van der Waals surface area contributed by atoms with Gasteiger partial charge in [-0.25, -0.2) is 0 Å². The first-order chi connectivity index (χ1) is 7.86. The molecular formula is C13H14N2O. The van der Waals surface area contributed by atoms with Crippen LogP contribution in [0.25, 0.3) is 0 Å². The Labute approximate surface area is 94.3 Å². The molecule has 0 aliphatic heterocycles. The molecule has 82 valence electrons. The topological polar surface area (TPSA) is 52.0 Å². The molecule has 1 aliphatic rings. The van der Waals surface area contributed by atoms with Gasteiger partial charge in [-0.05, 0) is 30.5 Å². The Bertz CT molecular complexity index is 478. The zero-order valence-corrected chi connectivity index (χ0v) is 8.97. The van der Waals surface area contributed by atoms with E-state index >= 15 is 0 Å². The quantitative estimate of drug-likeness (QED) is 0.835. The van der Waals surface area contributed by atoms with E-state index in [0.29, 0.717) is 5.92 Å². The van der Waals surface area contributed by atoms with E-state index in [1.165, 1.54) is 5.56 Å². The number of nitrogens with two attached hydrogens (primary N) is 1. The van der Waals surface area contributed by atoms with Gasteiger partial charge in [0, 0.05) is 29.4 Å². The third-order valence-corrected chi connectivity index (χ3v) is 3.36. The normalized spacial score (nSPS) is 20.7. The summed E-state index contributed by atoms with van der Waals surface area (Å²) in [4.78, 5) is 4.46. The number of aryl methyl sites for hydroxylation is 1. The number of hydrogen-bond donors (Lipinski definition) is 1. The zero-order valence-electron chi connectivity index (χ0n) is 8.97. The summed E-state index contributed by atoms with van der Waals surface area (Å²) in [6, 6.07) is 6.07. The van der Waals surface area contributed by atoms with Crippen LogP contribution in [0.3, 0.4) is 0 Å². The van der Waals surface area contributed by atoms with Crippen LogP contribution in [0.1, 0.15) is 35.2 Å². The molecule has 3 nitrogen and oxygen atoms in total. The number of furan rings is 1. The van der Waals surface area contributed by atoms with Gasteiger partial charge in [0.05, 0.1) is 12.5 Å². The molecule has 0 aromatic carbocycles. The first-order valence-corrected chi connectivity index (χ1v) is 5.58. The van der Waals surface area contributed by atoms with Crippen LogP contribution in [-0.4, -0.2) is 4.98 Å². The zero-order chi connectivity index (χ0) is 11.0. The predicted octanol–water partition coefficient (Wildman–Crippen LogP) is 2.40. The lowest BCUT2D eigenvalue weighted by Crippen LogP contribution is -2.18. The SMILES string of the molecule is NC(c1ccoc1)C1CCc2cccnc21. The molecule has 2 unspecified atom stereocenters. The standard InChI is InChI=1S/C13H14N2O/c14-12(10-5-7-16-8-10)11-4-3-9-2-1-6-15-13(9)11/h1-2,5-8,11-12H,3-4,14H2. The Morgan fingerprint density at radius 2 is 2.38 bits per heavy atom. The third kappa shape index (κ3) is 1.44. The molecule has 2 heterocycles. The van der Waals surface area contributed by atoms with Crippen molar-refractivity contribution in [2.24, 2.45) is 5.73 Å². The van der Waals surface area contributed by atoms with Gasteiger partial charge >= 0.3 is 0 Å². The number of rotatable bonds is 2. The fourth-order valence-electron chi connectivity index (χ4n) is 2.49. The molecule has 0 fully saturated rings. The summed E-state index contributed by atoms with van der Waals surface area (Å²) in [6.07, 6.45) is 7.41. The van der Waals surface area contributed by atoms with Gasteiger partial charge in [0.1, 0.15) is 0 Å². The molecular weight excluding hydrogens is 200 g/mol. The largest absolute Gasteiger partial charge is 0.472 e. The maximum atomic E-state index is 6.26. The lowest BCUT2D eigenvalue weighted by molar-refractivity contribution is 0.521. The molecule has 3 heteroatoms. The lowest BCUT2D eigenvalue weighted by Gasteiger charge is -2.17. The van der Waals surface area contributed by atoms with Crippen molar-refractivity contribution in [2.75, 3.05) is 0 Å². The van der Waals surface area contributed by atoms with E-state index in [1.54, 1.807) is 12.5 Å². The van der Waals surface area contributed by atoms with E-state index in [-0.39, 0.29) is 6.04 Å². The summed E-state index contributed by atoms with van der Waals surface area (Å²) in [5.74, 6) is 0.328. The maximum Gasteiger partial charge on any atom is 0.0950 e. The van der Waals surface area contributed by atoms with Crippen molar-refractivity contribution in [3.05, 3.63) is 53.7 Å². The van der Waals surface area contributed by atoms with E-state index < -0.39 is 0 Å². The van der Waals surface area contributed by atoms with Crippen molar-refractivity contribution in [1.82, 2.24) is 4.98 Å². The van der Waals surface area contributed by atoms with Gasteiger partial charge in [-0.2, -0.15) is 0 Å². The fourth-order valence-corrected chi connectivity index (χ4v) is 2.49. The molecule has 0 radical (unpaired) electrons. The fraction of sp³-hybridized carbons (Fsp3) is 0.308. The van der Waals surface area contributed by atoms with Crippen LogP contribution in [0.4, 0.5) is 0 Å². The molecule has 2 atom stereocenters. The number of nitrogens with zero attached hydrogens (tertiary/aromatic N) is 1. The van der Waals surface area contributed by atoms with Crippen molar-refractivity contribution in [3.8, 4) is 0 Å². The molecule has 0 spiro atoms. The molecule has 2 aromatic rings. The van der Waals surface area contributed by atoms with E-state index in [9.17, 15) is 0 Å². The molecule has 1 aliphatic carbocycles. The molecule has 2 N–H and O–H groups in total. The molecule has 0 bridgehead atoms. The second-order valence-corrected chi connectivity index (χ2v) is 4.28. The minimum Gasteiger partial charge on any atom is -0.472 e. The van der Waals surface area contributed by atoms with Crippen LogP contribution in [-0.2, 0) is 6.42 Å². The Balaban J connectivity index is 1.93. The van der Waals surface area contributed by atoms with E-state index in [0.717, 1.165) is 24.1 Å². The van der Waals surface area contributed by atoms with Crippen molar-refractivity contribution >= 4 is 0 Å². The first kappa shape index (κ1) is 9.60. The monoisotopic (exact) mass is 214 g/mol. The van der Waals surface area contributed by atoms with Gasteiger partial charge in [-0.15, -0.1) is 0 Å². The Kier molecular flexibility index (Phi) is 2.26. The third-order valence-electron chi connectivity index (χ3n) is 3.36. The molecule has 0 saturated heterocycles. The van der Waals surface area contributed by atoms with Gasteiger partial charge < -0.3 is 10.2 Å². The summed E-state index contributed by atoms with van der Waals surface area (Å²) >= 11 is 0. The van der Waals surface area contributed by atoms with E-state index in [4.69, 9.17) is 10.2 Å². The minimum absolute atomic E-state index is 0.00472. The second kappa shape index (κ2) is 3.76. The smallest absolute Gasteiger partial charge is 0.0950 e. The number of aromatic nitrogens is 1. The summed E-state index contributed by atoms with van der Waals surface area (Å²) in [6.45, 7) is 0. The van der Waals surface area contributed by atoms with Crippen LogP contribution in [0, 0.1) is 0 Å². The van der Waals surface area contributed by atoms with E-state index in [2.05, 4.69) is 11.1 Å². The molecule has 0 saturated carbocycles. The first-order valence-electron chi connectivity index (χ1n) is 5.58. The van der Waals surface area contributed by atoms with Crippen LogP contribution in [0.5, 0.6) is 0 Å². The second-order valence-electron chi connectivity index (χ2n) is 4.28. The van der Waals surface area contributed by atoms with Gasteiger partial charge in [-0.3, -0.25) is 4.98 Å². The van der Waals surface area contributed by atoms with Crippen molar-refractivity contribution in [1.29, 1.82) is 0 Å². The highest BCUT2D eigenvalue weighted by Crippen LogP contribution is 2.38. The summed E-state index contributed by atoms with van der Waals surface area (Å²) < 4.78 is 5.08. The average molecular weight is 214 g/mol. The van der Waals surface area contributed by atoms with Crippen LogP contribution < -0.4 is 5.73 Å². The number of fused-ring (bicyclic) bond motifs is 1. The number of pyridine rings is 1. The van der Waals surface area contributed by atoms with Gasteiger partial charge in [0.25, 0.3) is 0 Å². The lowest BCUT2D eigenvalue weighted by atomic mass is 9.93. The van der Waals surface area contributed by atoms with Crippen molar-refractivity contribution in [3.63, 3.8) is 0 Å². The Morgan fingerprint density at radius 3 is 3.19 bits per heavy atom.